The van der Waals surface area contributed by atoms with E-state index in [1.54, 1.807) is 17.5 Å². The first-order chi connectivity index (χ1) is 16.2. The van der Waals surface area contributed by atoms with E-state index in [0.717, 1.165) is 48.9 Å². The molecule has 0 bridgehead atoms. The molecule has 1 aliphatic carbocycles. The molecule has 4 rings (SSSR count). The maximum Gasteiger partial charge on any atom is 0.338 e. The highest BCUT2D eigenvalue weighted by atomic mass is 32.2. The molecule has 0 saturated heterocycles. The third kappa shape index (κ3) is 5.26. The second-order valence-electron chi connectivity index (χ2n) is 8.82. The summed E-state index contributed by atoms with van der Waals surface area (Å²) in [6.07, 6.45) is 5.21. The number of thiazole rings is 1. The number of anilines is 1. The number of aromatic carboxylic acids is 1. The highest BCUT2D eigenvalue weighted by Crippen LogP contribution is 2.39. The molecule has 2 aromatic carbocycles. The van der Waals surface area contributed by atoms with E-state index in [2.05, 4.69) is 29.6 Å². The maximum absolute atomic E-state index is 15.0. The Morgan fingerprint density at radius 2 is 2.03 bits per heavy atom. The van der Waals surface area contributed by atoms with Gasteiger partial charge in [0.1, 0.15) is 27.4 Å². The fraction of sp³-hybridized carbons (Fsp3) is 0.280. The first-order valence-corrected chi connectivity index (χ1v) is 12.3. The summed E-state index contributed by atoms with van der Waals surface area (Å²) in [5.74, 6) is -2.40. The van der Waals surface area contributed by atoms with Crippen molar-refractivity contribution in [1.82, 2.24) is 4.98 Å². The van der Waals surface area contributed by atoms with Crippen LogP contribution in [0.25, 0.3) is 16.1 Å². The zero-order valence-corrected chi connectivity index (χ0v) is 20.6. The molecule has 0 radical (unpaired) electrons. The third-order valence-corrected chi connectivity index (χ3v) is 7.58. The molecule has 5 nitrogen and oxygen atoms in total. The molecular weight excluding hydrogens is 478 g/mol. The fourth-order valence-corrected chi connectivity index (χ4v) is 5.34. The molecule has 0 spiro atoms. The van der Waals surface area contributed by atoms with E-state index in [1.165, 1.54) is 24.0 Å². The molecule has 1 aliphatic rings. The van der Waals surface area contributed by atoms with Crippen molar-refractivity contribution in [2.24, 2.45) is 5.41 Å². The van der Waals surface area contributed by atoms with E-state index >= 15 is 0 Å². The Morgan fingerprint density at radius 3 is 2.68 bits per heavy atom. The minimum atomic E-state index is -1.38. The van der Waals surface area contributed by atoms with Crippen LogP contribution < -0.4 is 9.46 Å². The van der Waals surface area contributed by atoms with Gasteiger partial charge in [0.15, 0.2) is 0 Å². The number of hydrogen-bond acceptors (Lipinski definition) is 6. The van der Waals surface area contributed by atoms with Gasteiger partial charge in [0.05, 0.1) is 18.4 Å². The smallest absolute Gasteiger partial charge is 0.338 e. The summed E-state index contributed by atoms with van der Waals surface area (Å²) < 4.78 is 37.1. The summed E-state index contributed by atoms with van der Waals surface area (Å²) in [4.78, 5) is 15.6. The quantitative estimate of drug-likeness (QED) is 0.326. The Balaban J connectivity index is 1.48. The van der Waals surface area contributed by atoms with E-state index in [0.29, 0.717) is 21.0 Å². The lowest BCUT2D eigenvalue weighted by Crippen LogP contribution is -2.14. The van der Waals surface area contributed by atoms with Crippen LogP contribution in [0, 0.1) is 17.0 Å². The van der Waals surface area contributed by atoms with Crippen LogP contribution in [0.2, 0.25) is 0 Å². The molecule has 2 N–H and O–H groups in total. The number of allylic oxidation sites excluding steroid dienone is 2. The monoisotopic (exact) mass is 502 g/mol. The summed E-state index contributed by atoms with van der Waals surface area (Å²) in [5.41, 5.74) is 2.59. The summed E-state index contributed by atoms with van der Waals surface area (Å²) in [6, 6.07) is 7.44. The van der Waals surface area contributed by atoms with E-state index in [-0.39, 0.29) is 17.3 Å². The van der Waals surface area contributed by atoms with Crippen LogP contribution in [0.1, 0.15) is 49.0 Å². The van der Waals surface area contributed by atoms with Crippen LogP contribution in [-0.2, 0) is 0 Å². The summed E-state index contributed by atoms with van der Waals surface area (Å²) in [5, 5.41) is 11.9. The molecule has 0 saturated carbocycles. The Morgan fingerprint density at radius 1 is 1.24 bits per heavy atom. The van der Waals surface area contributed by atoms with Gasteiger partial charge in [-0.2, -0.15) is 0 Å². The predicted molar refractivity (Wildman–Crippen MR) is 133 cm³/mol. The lowest BCUT2D eigenvalue weighted by Gasteiger charge is -2.28. The van der Waals surface area contributed by atoms with Crippen molar-refractivity contribution >= 4 is 40.5 Å². The van der Waals surface area contributed by atoms with Crippen molar-refractivity contribution in [3.8, 4) is 16.3 Å². The number of nitrogens with zero attached hydrogens (tertiary/aromatic N) is 1. The average Bonchev–Trinajstić information content (AvgIpc) is 3.26. The van der Waals surface area contributed by atoms with Gasteiger partial charge in [-0.3, -0.25) is 0 Å². The van der Waals surface area contributed by atoms with Gasteiger partial charge in [-0.15, -0.1) is 11.3 Å². The zero-order valence-electron chi connectivity index (χ0n) is 18.9. The second kappa shape index (κ2) is 9.76. The molecule has 1 heterocycles. The van der Waals surface area contributed by atoms with Crippen molar-refractivity contribution in [2.75, 3.05) is 11.8 Å². The van der Waals surface area contributed by atoms with E-state index in [1.807, 2.05) is 6.07 Å². The number of carboxylic acids is 1. The van der Waals surface area contributed by atoms with Crippen LogP contribution in [0.15, 0.2) is 46.8 Å². The Bertz CT molecular complexity index is 1270. The maximum atomic E-state index is 15.0. The zero-order chi connectivity index (χ0) is 24.5. The van der Waals surface area contributed by atoms with Crippen molar-refractivity contribution in [1.29, 1.82) is 0 Å². The highest BCUT2D eigenvalue weighted by molar-refractivity contribution is 8.00. The summed E-state index contributed by atoms with van der Waals surface area (Å²) in [6.45, 7) is 4.49. The first-order valence-electron chi connectivity index (χ1n) is 10.7. The van der Waals surface area contributed by atoms with Gasteiger partial charge in [-0.1, -0.05) is 26.0 Å². The lowest BCUT2D eigenvalue weighted by molar-refractivity contribution is 0.0691. The minimum Gasteiger partial charge on any atom is -0.495 e. The van der Waals surface area contributed by atoms with E-state index < -0.39 is 17.3 Å². The molecule has 178 valence electrons. The van der Waals surface area contributed by atoms with Crippen molar-refractivity contribution < 1.29 is 23.4 Å². The Labute approximate surface area is 205 Å². The number of hydrogen-bond donors (Lipinski definition) is 2. The van der Waals surface area contributed by atoms with Gasteiger partial charge >= 0.3 is 5.97 Å². The predicted octanol–water partition coefficient (Wildman–Crippen LogP) is 7.51. The van der Waals surface area contributed by atoms with E-state index in [9.17, 15) is 13.6 Å². The molecule has 34 heavy (non-hydrogen) atoms. The molecule has 3 aromatic rings. The van der Waals surface area contributed by atoms with Gasteiger partial charge in [0.2, 0.25) is 0 Å². The molecule has 9 heteroatoms. The van der Waals surface area contributed by atoms with Crippen LogP contribution in [0.5, 0.6) is 5.75 Å². The number of rotatable bonds is 7. The van der Waals surface area contributed by atoms with Crippen molar-refractivity contribution in [2.45, 2.75) is 38.1 Å². The number of benzene rings is 2. The number of carbonyl (C=O) groups is 1. The second-order valence-corrected chi connectivity index (χ2v) is 10.5. The fourth-order valence-electron chi connectivity index (χ4n) is 3.73. The van der Waals surface area contributed by atoms with Gasteiger partial charge in [0.25, 0.3) is 0 Å². The van der Waals surface area contributed by atoms with Crippen molar-refractivity contribution in [3.05, 3.63) is 64.5 Å². The average molecular weight is 503 g/mol. The van der Waals surface area contributed by atoms with Crippen LogP contribution in [-0.4, -0.2) is 23.2 Å². The molecule has 0 atom stereocenters. The van der Waals surface area contributed by atoms with Crippen molar-refractivity contribution in [3.63, 3.8) is 0 Å². The SMILES string of the molecule is COc1cc(C(=O)O)c(F)cc1NSc1csc(-c2ccc(C3=CCC(C)(C)CC3)cc2F)n1. The Kier molecular flexibility index (Phi) is 6.95. The van der Waals surface area contributed by atoms with Gasteiger partial charge in [-0.25, -0.2) is 18.6 Å². The van der Waals surface area contributed by atoms with Gasteiger partial charge < -0.3 is 14.6 Å². The molecular formula is C25H24F2N2O3S2. The van der Waals surface area contributed by atoms with Gasteiger partial charge in [0, 0.05) is 29.0 Å². The molecule has 1 aromatic heterocycles. The summed E-state index contributed by atoms with van der Waals surface area (Å²) >= 11 is 2.40. The number of aromatic nitrogens is 1. The van der Waals surface area contributed by atoms with E-state index in [4.69, 9.17) is 9.84 Å². The standard InChI is InChI=1S/C25H24F2N2O3S2/c1-25(2)8-6-14(7-9-25)15-4-5-16(18(26)10-15)23-28-22(13-33-23)34-29-20-12-19(27)17(24(30)31)11-21(20)32-3/h4-6,10-13,29H,7-9H2,1-3H3,(H,30,31). The van der Waals surface area contributed by atoms with Crippen LogP contribution in [0.3, 0.4) is 0 Å². The normalized spacial score (nSPS) is 15.0. The number of ether oxygens (including phenoxy) is 1. The number of methoxy groups -OCH3 is 1. The Hall–Kier alpha value is -2.91. The number of carboxylic acid groups (broad SMARTS) is 1. The highest BCUT2D eigenvalue weighted by Gasteiger charge is 2.22. The topological polar surface area (TPSA) is 71.5 Å². The van der Waals surface area contributed by atoms with Crippen LogP contribution >= 0.6 is 23.3 Å². The van der Waals surface area contributed by atoms with Gasteiger partial charge in [-0.05, 0) is 54.0 Å². The molecule has 0 unspecified atom stereocenters. The lowest BCUT2D eigenvalue weighted by atomic mass is 9.77. The molecule has 0 amide bonds. The first kappa shape index (κ1) is 24.2. The largest absolute Gasteiger partial charge is 0.495 e. The molecule has 0 aliphatic heterocycles. The number of nitrogens with one attached hydrogen (secondary N) is 1. The molecule has 0 fully saturated rings. The van der Waals surface area contributed by atoms with Crippen LogP contribution in [0.4, 0.5) is 14.5 Å². The third-order valence-electron chi connectivity index (χ3n) is 5.81. The number of halogens is 2. The minimum absolute atomic E-state index is 0.184. The summed E-state index contributed by atoms with van der Waals surface area (Å²) in [7, 11) is 1.37.